The molecule has 2 aromatic carbocycles. The number of rotatable bonds is 5. The summed E-state index contributed by atoms with van der Waals surface area (Å²) in [6.07, 6.45) is 4.79. The van der Waals surface area contributed by atoms with E-state index in [4.69, 9.17) is 4.74 Å². The highest BCUT2D eigenvalue weighted by atomic mass is 16.5. The van der Waals surface area contributed by atoms with Crippen molar-refractivity contribution in [1.29, 1.82) is 0 Å². The molecule has 6 heteroatoms. The largest absolute Gasteiger partial charge is 0.508 e. The number of hydrogen-bond donors (Lipinski definition) is 2. The third-order valence-corrected chi connectivity index (χ3v) is 7.02. The molecule has 0 spiro atoms. The molecule has 1 aliphatic carbocycles. The van der Waals surface area contributed by atoms with Crippen LogP contribution in [0.25, 0.3) is 5.76 Å². The summed E-state index contributed by atoms with van der Waals surface area (Å²) in [6.45, 7) is 8.62. The van der Waals surface area contributed by atoms with Gasteiger partial charge in [0.2, 0.25) is 0 Å². The van der Waals surface area contributed by atoms with Crippen LogP contribution in [0, 0.1) is 0 Å². The third kappa shape index (κ3) is 4.79. The average Bonchev–Trinajstić information content (AvgIpc) is 3.10. The first kappa shape index (κ1) is 24.8. The van der Waals surface area contributed by atoms with E-state index >= 15 is 0 Å². The number of nitrogens with zero attached hydrogens (tertiary/aromatic N) is 1. The van der Waals surface area contributed by atoms with Crippen LogP contribution in [0.4, 0.5) is 0 Å². The van der Waals surface area contributed by atoms with Crippen molar-refractivity contribution < 1.29 is 24.5 Å². The predicted octanol–water partition coefficient (Wildman–Crippen LogP) is 5.84. The Labute approximate surface area is 207 Å². The lowest BCUT2D eigenvalue weighted by atomic mass is 9.84. The molecule has 0 bridgehead atoms. The van der Waals surface area contributed by atoms with Gasteiger partial charge in [0.1, 0.15) is 17.3 Å². The number of Topliss-reactive ketones (excluding diaryl/α,β-unsaturated/α-hetero) is 1. The van der Waals surface area contributed by atoms with E-state index in [-0.39, 0.29) is 28.5 Å². The maximum absolute atomic E-state index is 13.4. The van der Waals surface area contributed by atoms with Crippen LogP contribution in [0.15, 0.2) is 48.0 Å². The molecule has 6 nitrogen and oxygen atoms in total. The van der Waals surface area contributed by atoms with E-state index in [2.05, 4.69) is 20.8 Å². The van der Waals surface area contributed by atoms with Crippen molar-refractivity contribution in [1.82, 2.24) is 4.90 Å². The summed E-state index contributed by atoms with van der Waals surface area (Å²) in [6, 6.07) is 11.2. The van der Waals surface area contributed by atoms with E-state index in [1.54, 1.807) is 35.2 Å². The van der Waals surface area contributed by atoms with Gasteiger partial charge in [0.05, 0.1) is 18.2 Å². The lowest BCUT2D eigenvalue weighted by Crippen LogP contribution is -2.40. The van der Waals surface area contributed by atoms with Crippen LogP contribution in [0.1, 0.15) is 82.5 Å². The van der Waals surface area contributed by atoms with Gasteiger partial charge in [-0.1, -0.05) is 52.2 Å². The molecule has 1 saturated carbocycles. The van der Waals surface area contributed by atoms with E-state index < -0.39 is 17.7 Å². The van der Waals surface area contributed by atoms with Gasteiger partial charge in [-0.25, -0.2) is 0 Å². The minimum Gasteiger partial charge on any atom is -0.508 e. The van der Waals surface area contributed by atoms with Crippen LogP contribution in [0.5, 0.6) is 11.5 Å². The second-order valence-corrected chi connectivity index (χ2v) is 10.5. The molecule has 0 aromatic heterocycles. The number of carbonyl (C=O) groups excluding carboxylic acids is 2. The molecule has 1 atom stereocenters. The summed E-state index contributed by atoms with van der Waals surface area (Å²) in [7, 11) is 0. The zero-order valence-corrected chi connectivity index (χ0v) is 21.0. The van der Waals surface area contributed by atoms with Crippen LogP contribution < -0.4 is 4.74 Å². The highest BCUT2D eigenvalue weighted by molar-refractivity contribution is 6.46. The Morgan fingerprint density at radius 3 is 2.29 bits per heavy atom. The molecule has 4 rings (SSSR count). The first-order valence-electron chi connectivity index (χ1n) is 12.5. The maximum atomic E-state index is 13.4. The smallest absolute Gasteiger partial charge is 0.295 e. The van der Waals surface area contributed by atoms with E-state index in [1.165, 1.54) is 0 Å². The van der Waals surface area contributed by atoms with E-state index in [0.717, 1.165) is 43.4 Å². The third-order valence-electron chi connectivity index (χ3n) is 7.02. The van der Waals surface area contributed by atoms with Crippen LogP contribution in [-0.2, 0) is 15.0 Å². The molecule has 2 aliphatic rings. The van der Waals surface area contributed by atoms with E-state index in [0.29, 0.717) is 17.7 Å². The van der Waals surface area contributed by atoms with Crippen LogP contribution in [0.2, 0.25) is 0 Å². The van der Waals surface area contributed by atoms with Crippen molar-refractivity contribution >= 4 is 17.4 Å². The molecule has 35 heavy (non-hydrogen) atoms. The first-order valence-corrected chi connectivity index (χ1v) is 12.5. The molecule has 1 amide bonds. The van der Waals surface area contributed by atoms with Gasteiger partial charge in [-0.2, -0.15) is 0 Å². The fourth-order valence-corrected chi connectivity index (χ4v) is 5.27. The zero-order chi connectivity index (χ0) is 25.3. The Kier molecular flexibility index (Phi) is 6.93. The van der Waals surface area contributed by atoms with Crippen molar-refractivity contribution in [3.8, 4) is 11.5 Å². The summed E-state index contributed by atoms with van der Waals surface area (Å²) >= 11 is 0. The minimum absolute atomic E-state index is 0.0604. The van der Waals surface area contributed by atoms with Gasteiger partial charge < -0.3 is 19.8 Å². The Morgan fingerprint density at radius 1 is 1.03 bits per heavy atom. The number of aliphatic hydroxyl groups is 1. The lowest BCUT2D eigenvalue weighted by Gasteiger charge is -2.35. The topological polar surface area (TPSA) is 87.1 Å². The predicted molar refractivity (Wildman–Crippen MR) is 135 cm³/mol. The van der Waals surface area contributed by atoms with Crippen molar-refractivity contribution in [2.24, 2.45) is 0 Å². The number of benzene rings is 2. The number of ether oxygens (including phenoxy) is 1. The average molecular weight is 478 g/mol. The maximum Gasteiger partial charge on any atom is 0.295 e. The number of ketones is 1. The summed E-state index contributed by atoms with van der Waals surface area (Å²) in [5.41, 5.74) is 1.91. The van der Waals surface area contributed by atoms with Gasteiger partial charge in [-0.05, 0) is 61.1 Å². The number of aromatic hydroxyl groups is 1. The molecule has 1 aliphatic heterocycles. The number of likely N-dealkylation sites (tertiary alicyclic amines) is 1. The molecular weight excluding hydrogens is 442 g/mol. The number of phenols is 1. The summed E-state index contributed by atoms with van der Waals surface area (Å²) < 4.78 is 5.81. The molecule has 0 radical (unpaired) electrons. The highest BCUT2D eigenvalue weighted by Crippen LogP contribution is 2.44. The second-order valence-electron chi connectivity index (χ2n) is 10.5. The standard InChI is InChI=1S/C29H35NO5/c1-5-35-23-16-13-19(17-22(23)29(2,3)4)26(32)24-25(18-11-14-21(31)15-12-18)30(28(34)27(24)33)20-9-7-6-8-10-20/h11-17,20,25,31-32H,5-10H2,1-4H3/b26-24-. The van der Waals surface area contributed by atoms with Crippen LogP contribution >= 0.6 is 0 Å². The fraction of sp³-hybridized carbons (Fsp3) is 0.448. The minimum atomic E-state index is -0.705. The summed E-state index contributed by atoms with van der Waals surface area (Å²) in [5, 5.41) is 21.3. The van der Waals surface area contributed by atoms with E-state index in [9.17, 15) is 19.8 Å². The van der Waals surface area contributed by atoms with Crippen LogP contribution in [-0.4, -0.2) is 39.5 Å². The quantitative estimate of drug-likeness (QED) is 0.321. The zero-order valence-electron chi connectivity index (χ0n) is 21.0. The molecule has 2 fully saturated rings. The van der Waals surface area contributed by atoms with Gasteiger partial charge in [0, 0.05) is 17.2 Å². The highest BCUT2D eigenvalue weighted by Gasteiger charge is 2.48. The number of carbonyl (C=O) groups is 2. The Morgan fingerprint density at radius 2 is 1.69 bits per heavy atom. The summed E-state index contributed by atoms with van der Waals surface area (Å²) in [4.78, 5) is 28.4. The number of amides is 1. The van der Waals surface area contributed by atoms with Gasteiger partial charge in [0.25, 0.3) is 11.7 Å². The first-order chi connectivity index (χ1) is 16.6. The molecule has 186 valence electrons. The van der Waals surface area contributed by atoms with Gasteiger partial charge >= 0.3 is 0 Å². The fourth-order valence-electron chi connectivity index (χ4n) is 5.27. The second kappa shape index (κ2) is 9.76. The van der Waals surface area contributed by atoms with Gasteiger partial charge in [0.15, 0.2) is 0 Å². The molecule has 1 heterocycles. The number of aliphatic hydroxyl groups excluding tert-OH is 1. The SMILES string of the molecule is CCOc1ccc(/C(O)=C2/C(=O)C(=O)N(C3CCCCC3)C2c2ccc(O)cc2)cc1C(C)(C)C. The van der Waals surface area contributed by atoms with Crippen molar-refractivity contribution in [2.75, 3.05) is 6.61 Å². The van der Waals surface area contributed by atoms with Gasteiger partial charge in [-0.15, -0.1) is 0 Å². The summed E-state index contributed by atoms with van der Waals surface area (Å²) in [5.74, 6) is -0.594. The molecule has 2 N–H and O–H groups in total. The van der Waals surface area contributed by atoms with Crippen LogP contribution in [0.3, 0.4) is 0 Å². The van der Waals surface area contributed by atoms with E-state index in [1.807, 2.05) is 19.1 Å². The number of phenolic OH excluding ortho intramolecular Hbond substituents is 1. The molecule has 1 saturated heterocycles. The Balaban J connectivity index is 1.88. The monoisotopic (exact) mass is 477 g/mol. The normalized spacial score (nSPS) is 20.9. The Hall–Kier alpha value is -3.28. The Bertz CT molecular complexity index is 1140. The van der Waals surface area contributed by atoms with Crippen molar-refractivity contribution in [2.45, 2.75) is 77.3 Å². The van der Waals surface area contributed by atoms with Gasteiger partial charge in [-0.3, -0.25) is 9.59 Å². The van der Waals surface area contributed by atoms with Crippen molar-refractivity contribution in [3.63, 3.8) is 0 Å². The molecule has 1 unspecified atom stereocenters. The number of hydrogen-bond acceptors (Lipinski definition) is 5. The van der Waals surface area contributed by atoms with Crippen molar-refractivity contribution in [3.05, 3.63) is 64.7 Å². The molecular formula is C29H35NO5. The molecule has 2 aromatic rings. The lowest BCUT2D eigenvalue weighted by molar-refractivity contribution is -0.141.